The summed E-state index contributed by atoms with van der Waals surface area (Å²) in [5.74, 6) is 1.53. The molecule has 1 heterocycles. The number of rotatable bonds is 4. The van der Waals surface area contributed by atoms with E-state index in [0.717, 1.165) is 17.1 Å². The topological polar surface area (TPSA) is 33.6 Å². The van der Waals surface area contributed by atoms with Crippen LogP contribution in [0.5, 0.6) is 0 Å². The zero-order chi connectivity index (χ0) is 11.1. The highest BCUT2D eigenvalue weighted by Gasteiger charge is 2.41. The van der Waals surface area contributed by atoms with E-state index in [1.54, 1.807) is 0 Å². The maximum Gasteiger partial charge on any atom is 0.195 e. The minimum atomic E-state index is 0.436. The molecular weight excluding hydrogens is 206 g/mol. The Kier molecular flexibility index (Phi) is 2.71. The molecule has 1 aliphatic carbocycles. The molecule has 0 aliphatic heterocycles. The molecule has 2 rings (SSSR count). The standard InChI is InChI=1S/C11H19N3S/c1-4-11(5-6-11)7-14-9(8(2)3)12-13-10(14)15/h8H,4-7H2,1-3H3,(H,13,15). The summed E-state index contributed by atoms with van der Waals surface area (Å²) >= 11 is 5.28. The smallest absolute Gasteiger partial charge is 0.195 e. The van der Waals surface area contributed by atoms with E-state index in [4.69, 9.17) is 12.2 Å². The number of hydrogen-bond acceptors (Lipinski definition) is 2. The van der Waals surface area contributed by atoms with E-state index < -0.39 is 0 Å². The van der Waals surface area contributed by atoms with Crippen LogP contribution in [0.3, 0.4) is 0 Å². The Balaban J connectivity index is 2.27. The Morgan fingerprint density at radius 3 is 2.67 bits per heavy atom. The molecule has 1 fully saturated rings. The van der Waals surface area contributed by atoms with Crippen molar-refractivity contribution in [3.05, 3.63) is 10.6 Å². The van der Waals surface area contributed by atoms with Crippen molar-refractivity contribution in [1.29, 1.82) is 0 Å². The molecule has 0 atom stereocenters. The molecule has 4 heteroatoms. The third-order valence-electron chi connectivity index (χ3n) is 3.50. The van der Waals surface area contributed by atoms with Crippen molar-refractivity contribution in [3.8, 4) is 0 Å². The van der Waals surface area contributed by atoms with Gasteiger partial charge in [-0.25, -0.2) is 0 Å². The van der Waals surface area contributed by atoms with Gasteiger partial charge in [0.05, 0.1) is 0 Å². The van der Waals surface area contributed by atoms with Crippen molar-refractivity contribution in [2.75, 3.05) is 0 Å². The number of nitrogens with zero attached hydrogens (tertiary/aromatic N) is 2. The Hall–Kier alpha value is -0.640. The summed E-state index contributed by atoms with van der Waals surface area (Å²) in [6, 6.07) is 0. The van der Waals surface area contributed by atoms with Crippen LogP contribution in [0.15, 0.2) is 0 Å². The number of aromatic amines is 1. The summed E-state index contributed by atoms with van der Waals surface area (Å²) in [5.41, 5.74) is 0.520. The highest BCUT2D eigenvalue weighted by molar-refractivity contribution is 7.71. The second-order valence-corrected chi connectivity index (χ2v) is 5.37. The molecule has 1 N–H and O–H groups in total. The summed E-state index contributed by atoms with van der Waals surface area (Å²) in [4.78, 5) is 0. The molecule has 0 spiro atoms. The largest absolute Gasteiger partial charge is 0.303 e. The lowest BCUT2D eigenvalue weighted by atomic mass is 10.0. The van der Waals surface area contributed by atoms with Crippen LogP contribution in [0.25, 0.3) is 0 Å². The maximum absolute atomic E-state index is 5.28. The van der Waals surface area contributed by atoms with Gasteiger partial charge in [0.25, 0.3) is 0 Å². The number of nitrogens with one attached hydrogen (secondary N) is 1. The third kappa shape index (κ3) is 2.00. The second kappa shape index (κ2) is 3.74. The Bertz CT molecular complexity index is 398. The van der Waals surface area contributed by atoms with Crippen LogP contribution in [0.2, 0.25) is 0 Å². The first-order valence-corrected chi connectivity index (χ1v) is 6.14. The Morgan fingerprint density at radius 2 is 2.20 bits per heavy atom. The first-order valence-electron chi connectivity index (χ1n) is 5.73. The van der Waals surface area contributed by atoms with Gasteiger partial charge in [0, 0.05) is 12.5 Å². The fourth-order valence-electron chi connectivity index (χ4n) is 2.06. The van der Waals surface area contributed by atoms with Crippen LogP contribution < -0.4 is 0 Å². The monoisotopic (exact) mass is 225 g/mol. The van der Waals surface area contributed by atoms with E-state index in [9.17, 15) is 0 Å². The summed E-state index contributed by atoms with van der Waals surface area (Å²) in [5, 5.41) is 7.22. The zero-order valence-electron chi connectivity index (χ0n) is 9.71. The molecule has 84 valence electrons. The molecule has 15 heavy (non-hydrogen) atoms. The van der Waals surface area contributed by atoms with E-state index >= 15 is 0 Å². The van der Waals surface area contributed by atoms with Gasteiger partial charge < -0.3 is 4.57 Å². The normalized spacial score (nSPS) is 18.4. The van der Waals surface area contributed by atoms with Crippen molar-refractivity contribution in [2.45, 2.75) is 52.5 Å². The summed E-state index contributed by atoms with van der Waals surface area (Å²) < 4.78 is 2.97. The molecule has 0 unspecified atom stereocenters. The first-order chi connectivity index (χ1) is 7.08. The molecule has 1 aromatic rings. The number of aromatic nitrogens is 3. The second-order valence-electron chi connectivity index (χ2n) is 4.98. The zero-order valence-corrected chi connectivity index (χ0v) is 10.5. The highest BCUT2D eigenvalue weighted by atomic mass is 32.1. The maximum atomic E-state index is 5.28. The average molecular weight is 225 g/mol. The van der Waals surface area contributed by atoms with Gasteiger partial charge in [0.15, 0.2) is 4.77 Å². The van der Waals surface area contributed by atoms with Crippen LogP contribution in [-0.4, -0.2) is 14.8 Å². The van der Waals surface area contributed by atoms with Crippen molar-refractivity contribution < 1.29 is 0 Å². The molecular formula is C11H19N3S. The molecule has 3 nitrogen and oxygen atoms in total. The van der Waals surface area contributed by atoms with Gasteiger partial charge in [0.2, 0.25) is 0 Å². The number of hydrogen-bond donors (Lipinski definition) is 1. The van der Waals surface area contributed by atoms with Crippen molar-refractivity contribution in [1.82, 2.24) is 14.8 Å². The lowest BCUT2D eigenvalue weighted by Crippen LogP contribution is -2.14. The number of H-pyrrole nitrogens is 1. The molecule has 0 bridgehead atoms. The van der Waals surface area contributed by atoms with Crippen molar-refractivity contribution in [3.63, 3.8) is 0 Å². The predicted molar refractivity (Wildman–Crippen MR) is 63.5 cm³/mol. The Labute approximate surface area is 95.9 Å². The SMILES string of the molecule is CCC1(Cn2c(C(C)C)n[nH]c2=S)CC1. The van der Waals surface area contributed by atoms with E-state index in [2.05, 4.69) is 35.5 Å². The molecule has 1 aliphatic rings. The fraction of sp³-hybridized carbons (Fsp3) is 0.818. The predicted octanol–water partition coefficient (Wildman–Crippen LogP) is 3.25. The van der Waals surface area contributed by atoms with Gasteiger partial charge in [-0.3, -0.25) is 5.10 Å². The van der Waals surface area contributed by atoms with E-state index in [-0.39, 0.29) is 0 Å². The van der Waals surface area contributed by atoms with E-state index in [1.807, 2.05) is 0 Å². The van der Waals surface area contributed by atoms with E-state index in [1.165, 1.54) is 19.3 Å². The van der Waals surface area contributed by atoms with E-state index in [0.29, 0.717) is 11.3 Å². The van der Waals surface area contributed by atoms with Crippen LogP contribution in [0.1, 0.15) is 51.8 Å². The lowest BCUT2D eigenvalue weighted by Gasteiger charge is -2.15. The summed E-state index contributed by atoms with van der Waals surface area (Å²) in [7, 11) is 0. The van der Waals surface area contributed by atoms with Gasteiger partial charge in [-0.15, -0.1) is 0 Å². The minimum Gasteiger partial charge on any atom is -0.303 e. The average Bonchev–Trinajstić information content (AvgIpc) is 2.87. The fourth-order valence-corrected chi connectivity index (χ4v) is 2.26. The Morgan fingerprint density at radius 1 is 1.53 bits per heavy atom. The van der Waals surface area contributed by atoms with Gasteiger partial charge in [0.1, 0.15) is 5.82 Å². The molecule has 0 radical (unpaired) electrons. The first kappa shape index (κ1) is 10.9. The molecule has 0 saturated heterocycles. The van der Waals surface area contributed by atoms with Crippen LogP contribution >= 0.6 is 12.2 Å². The van der Waals surface area contributed by atoms with Crippen LogP contribution in [0, 0.1) is 10.2 Å². The van der Waals surface area contributed by atoms with Crippen molar-refractivity contribution in [2.24, 2.45) is 5.41 Å². The van der Waals surface area contributed by atoms with Gasteiger partial charge in [-0.2, -0.15) is 5.10 Å². The van der Waals surface area contributed by atoms with Crippen molar-refractivity contribution >= 4 is 12.2 Å². The quantitative estimate of drug-likeness (QED) is 0.798. The highest BCUT2D eigenvalue weighted by Crippen LogP contribution is 2.50. The van der Waals surface area contributed by atoms with Gasteiger partial charge >= 0.3 is 0 Å². The molecule has 0 amide bonds. The summed E-state index contributed by atoms with van der Waals surface area (Å²) in [6.45, 7) is 7.64. The molecule has 1 saturated carbocycles. The van der Waals surface area contributed by atoms with Gasteiger partial charge in [-0.05, 0) is 36.9 Å². The third-order valence-corrected chi connectivity index (χ3v) is 3.82. The van der Waals surface area contributed by atoms with Gasteiger partial charge in [-0.1, -0.05) is 20.8 Å². The summed E-state index contributed by atoms with van der Waals surface area (Å²) in [6.07, 6.45) is 3.93. The van der Waals surface area contributed by atoms with Crippen LogP contribution in [0.4, 0.5) is 0 Å². The minimum absolute atomic E-state index is 0.436. The molecule has 0 aromatic carbocycles. The van der Waals surface area contributed by atoms with Crippen LogP contribution in [-0.2, 0) is 6.54 Å². The molecule has 1 aromatic heterocycles. The lowest BCUT2D eigenvalue weighted by molar-refractivity contribution is 0.395.